The number of unbranched alkanes of at least 4 members (excludes halogenated alkanes) is 13. The van der Waals surface area contributed by atoms with Gasteiger partial charge in [-0.05, 0) is 25.0 Å². The lowest BCUT2D eigenvalue weighted by Crippen LogP contribution is -2.31. The summed E-state index contributed by atoms with van der Waals surface area (Å²) in [7, 11) is 0. The first-order chi connectivity index (χ1) is 12.4. The third-order valence-corrected chi connectivity index (χ3v) is 5.34. The Labute approximate surface area is 155 Å². The minimum atomic E-state index is 1.14. The molecule has 1 N–H and O–H groups in total. The average molecular weight is 344 g/mol. The van der Waals surface area contributed by atoms with Crippen LogP contribution in [0.15, 0.2) is 30.6 Å². The van der Waals surface area contributed by atoms with Crippen molar-refractivity contribution in [3.8, 4) is 0 Å². The lowest BCUT2D eigenvalue weighted by Gasteiger charge is -2.03. The Balaban J connectivity index is 1.38. The molecule has 140 valence electrons. The van der Waals surface area contributed by atoms with E-state index in [1.807, 2.05) is 0 Å². The van der Waals surface area contributed by atoms with E-state index in [1.54, 1.807) is 0 Å². The fraction of sp³-hybridized carbons (Fsp3) is 0.696. The highest BCUT2D eigenvalue weighted by Crippen LogP contribution is 2.13. The van der Waals surface area contributed by atoms with Crippen LogP contribution in [0.2, 0.25) is 0 Å². The molecule has 2 heteroatoms. The predicted molar refractivity (Wildman–Crippen MR) is 109 cm³/mol. The van der Waals surface area contributed by atoms with Crippen molar-refractivity contribution in [1.29, 1.82) is 0 Å². The van der Waals surface area contributed by atoms with Crippen molar-refractivity contribution < 1.29 is 4.57 Å². The number of imidazole rings is 1. The highest BCUT2D eigenvalue weighted by molar-refractivity contribution is 5.70. The van der Waals surface area contributed by atoms with Gasteiger partial charge in [0.2, 0.25) is 6.33 Å². The van der Waals surface area contributed by atoms with Crippen molar-refractivity contribution in [1.82, 2.24) is 4.98 Å². The number of fused-ring (bicyclic) bond motifs is 1. The smallest absolute Gasteiger partial charge is 0.242 e. The van der Waals surface area contributed by atoms with Crippen molar-refractivity contribution >= 4 is 11.0 Å². The quantitative estimate of drug-likeness (QED) is 0.267. The molecule has 0 unspecified atom stereocenters. The molecule has 0 saturated heterocycles. The molecule has 0 saturated carbocycles. The minimum Gasteiger partial charge on any atom is -0.243 e. The van der Waals surface area contributed by atoms with Crippen molar-refractivity contribution in [2.45, 2.75) is 103 Å². The Kier molecular flexibility index (Phi) is 10.4. The second kappa shape index (κ2) is 13.0. The molecule has 0 radical (unpaired) electrons. The largest absolute Gasteiger partial charge is 0.243 e. The zero-order chi connectivity index (χ0) is 17.6. The van der Waals surface area contributed by atoms with Gasteiger partial charge in [0.1, 0.15) is 0 Å². The highest BCUT2D eigenvalue weighted by Gasteiger charge is 2.07. The highest BCUT2D eigenvalue weighted by atomic mass is 15.0. The molecule has 0 aliphatic rings. The van der Waals surface area contributed by atoms with E-state index in [0.29, 0.717) is 0 Å². The van der Waals surface area contributed by atoms with Gasteiger partial charge in [-0.25, -0.2) is 9.55 Å². The van der Waals surface area contributed by atoms with Gasteiger partial charge in [0, 0.05) is 0 Å². The SMILES string of the molecule is CCCCCCCCCCCCCCCC[n+]1c[nH]c2ccccc21. The molecule has 0 atom stereocenters. The van der Waals surface area contributed by atoms with Crippen LogP contribution in [-0.4, -0.2) is 4.98 Å². The molecule has 0 amide bonds. The van der Waals surface area contributed by atoms with Gasteiger partial charge in [0.15, 0.2) is 11.0 Å². The van der Waals surface area contributed by atoms with Crippen molar-refractivity contribution in [2.75, 3.05) is 0 Å². The van der Waals surface area contributed by atoms with Crippen LogP contribution in [0.1, 0.15) is 96.8 Å². The molecule has 0 bridgehead atoms. The van der Waals surface area contributed by atoms with Gasteiger partial charge in [0.05, 0.1) is 6.54 Å². The predicted octanol–water partition coefficient (Wildman–Crippen LogP) is 6.94. The fourth-order valence-corrected chi connectivity index (χ4v) is 3.72. The molecular weight excluding hydrogens is 304 g/mol. The van der Waals surface area contributed by atoms with Crippen LogP contribution in [0.4, 0.5) is 0 Å². The Morgan fingerprint density at radius 1 is 0.680 bits per heavy atom. The molecule has 2 rings (SSSR count). The maximum Gasteiger partial charge on any atom is 0.242 e. The summed E-state index contributed by atoms with van der Waals surface area (Å²) in [6.45, 7) is 3.43. The van der Waals surface area contributed by atoms with Gasteiger partial charge >= 0.3 is 0 Å². The van der Waals surface area contributed by atoms with Crippen molar-refractivity contribution in [2.24, 2.45) is 0 Å². The zero-order valence-corrected chi connectivity index (χ0v) is 16.4. The number of aromatic amines is 1. The maximum absolute atomic E-state index is 3.35. The van der Waals surface area contributed by atoms with Crippen molar-refractivity contribution in [3.63, 3.8) is 0 Å². The average Bonchev–Trinajstić information content (AvgIpc) is 3.05. The number of aryl methyl sites for hydroxylation is 1. The molecule has 0 aliphatic heterocycles. The summed E-state index contributed by atoms with van der Waals surface area (Å²) in [5.74, 6) is 0. The lowest BCUT2D eigenvalue weighted by atomic mass is 10.0. The van der Waals surface area contributed by atoms with Gasteiger partial charge in [-0.15, -0.1) is 0 Å². The molecular formula is C23H39N2+. The van der Waals surface area contributed by atoms with Crippen molar-refractivity contribution in [3.05, 3.63) is 30.6 Å². The van der Waals surface area contributed by atoms with E-state index in [1.165, 1.54) is 101 Å². The minimum absolute atomic E-state index is 1.14. The summed E-state index contributed by atoms with van der Waals surface area (Å²) in [4.78, 5) is 3.35. The summed E-state index contributed by atoms with van der Waals surface area (Å²) in [5, 5.41) is 0. The van der Waals surface area contributed by atoms with Crippen LogP contribution in [0, 0.1) is 0 Å². The number of benzene rings is 1. The lowest BCUT2D eigenvalue weighted by molar-refractivity contribution is -0.671. The number of nitrogens with one attached hydrogen (secondary N) is 1. The van der Waals surface area contributed by atoms with E-state index in [2.05, 4.69) is 47.1 Å². The van der Waals surface area contributed by atoms with E-state index in [4.69, 9.17) is 0 Å². The summed E-state index contributed by atoms with van der Waals surface area (Å²) >= 11 is 0. The van der Waals surface area contributed by atoms with Gasteiger partial charge in [-0.1, -0.05) is 96.1 Å². The van der Waals surface area contributed by atoms with Crippen LogP contribution in [0.5, 0.6) is 0 Å². The summed E-state index contributed by atoms with van der Waals surface area (Å²) in [6.07, 6.45) is 22.0. The normalized spacial score (nSPS) is 11.4. The van der Waals surface area contributed by atoms with Crippen LogP contribution in [0.25, 0.3) is 11.0 Å². The number of rotatable bonds is 15. The number of para-hydroxylation sites is 2. The van der Waals surface area contributed by atoms with Gasteiger partial charge in [-0.3, -0.25) is 0 Å². The molecule has 2 nitrogen and oxygen atoms in total. The standard InChI is InChI=1S/C23H38N2/c1-2-3-4-5-6-7-8-9-10-11-12-13-14-17-20-25-21-24-22-18-15-16-19-23(22)25/h15-16,18-19,21H,2-14,17,20H2,1H3/p+1. The Morgan fingerprint density at radius 3 is 1.80 bits per heavy atom. The van der Waals surface area contributed by atoms with Crippen LogP contribution in [0.3, 0.4) is 0 Å². The number of aromatic nitrogens is 2. The Morgan fingerprint density at radius 2 is 1.20 bits per heavy atom. The van der Waals surface area contributed by atoms with Crippen LogP contribution >= 0.6 is 0 Å². The fourth-order valence-electron chi connectivity index (χ4n) is 3.72. The maximum atomic E-state index is 3.35. The summed E-state index contributed by atoms with van der Waals surface area (Å²) < 4.78 is 2.36. The third kappa shape index (κ3) is 8.07. The Bertz CT molecular complexity index is 558. The van der Waals surface area contributed by atoms with E-state index >= 15 is 0 Å². The first kappa shape index (κ1) is 20.0. The number of hydrogen-bond donors (Lipinski definition) is 1. The molecule has 2 aromatic rings. The first-order valence-electron chi connectivity index (χ1n) is 10.9. The van der Waals surface area contributed by atoms with Gasteiger partial charge in [-0.2, -0.15) is 0 Å². The van der Waals surface area contributed by atoms with E-state index in [9.17, 15) is 0 Å². The Hall–Kier alpha value is -1.31. The van der Waals surface area contributed by atoms with Gasteiger partial charge < -0.3 is 0 Å². The second-order valence-corrected chi connectivity index (χ2v) is 7.58. The molecule has 25 heavy (non-hydrogen) atoms. The molecule has 0 aliphatic carbocycles. The summed E-state index contributed by atoms with van der Waals surface area (Å²) in [5.41, 5.74) is 2.57. The van der Waals surface area contributed by atoms with Crippen LogP contribution < -0.4 is 4.57 Å². The van der Waals surface area contributed by atoms with E-state index < -0.39 is 0 Å². The molecule has 1 aromatic heterocycles. The third-order valence-electron chi connectivity index (χ3n) is 5.34. The zero-order valence-electron chi connectivity index (χ0n) is 16.4. The number of hydrogen-bond acceptors (Lipinski definition) is 0. The molecule has 1 heterocycles. The number of nitrogens with zero attached hydrogens (tertiary/aromatic N) is 1. The second-order valence-electron chi connectivity index (χ2n) is 7.58. The topological polar surface area (TPSA) is 19.7 Å². The van der Waals surface area contributed by atoms with E-state index in [-0.39, 0.29) is 0 Å². The number of H-pyrrole nitrogens is 1. The molecule has 0 fully saturated rings. The summed E-state index contributed by atoms with van der Waals surface area (Å²) in [6, 6.07) is 8.57. The van der Waals surface area contributed by atoms with Crippen LogP contribution in [-0.2, 0) is 6.54 Å². The van der Waals surface area contributed by atoms with Gasteiger partial charge in [0.25, 0.3) is 0 Å². The molecule has 1 aromatic carbocycles. The molecule has 0 spiro atoms. The van der Waals surface area contributed by atoms with E-state index in [0.717, 1.165) is 6.54 Å². The monoisotopic (exact) mass is 343 g/mol. The first-order valence-corrected chi connectivity index (χ1v) is 10.9.